The molecule has 3 heterocycles. The lowest BCUT2D eigenvalue weighted by atomic mass is 10.1. The Bertz CT molecular complexity index is 1420. The smallest absolute Gasteiger partial charge is 0.388 e. The number of aryl methyl sites for hydroxylation is 1. The lowest BCUT2D eigenvalue weighted by molar-refractivity contribution is -0.276. The van der Waals surface area contributed by atoms with Crippen LogP contribution in [0.3, 0.4) is 0 Å². The number of halogens is 4. The third kappa shape index (κ3) is 7.30. The van der Waals surface area contributed by atoms with E-state index in [-0.39, 0.29) is 28.6 Å². The van der Waals surface area contributed by atoms with E-state index in [0.29, 0.717) is 25.2 Å². The number of hydrogen-bond acceptors (Lipinski definition) is 6. The van der Waals surface area contributed by atoms with Gasteiger partial charge in [0.1, 0.15) is 5.15 Å². The Morgan fingerprint density at radius 3 is 2.73 bits per heavy atom. The van der Waals surface area contributed by atoms with Gasteiger partial charge in [-0.15, -0.1) is 13.2 Å². The molecular weight excluding hydrogens is 549 g/mol. The molecule has 1 unspecified atom stereocenters. The number of carbonyl (C=O) groups excluding carboxylic acids is 2. The van der Waals surface area contributed by atoms with Gasteiger partial charge in [-0.2, -0.15) is 0 Å². The number of carbonyl (C=O) groups is 2. The summed E-state index contributed by atoms with van der Waals surface area (Å²) in [6, 6.07) is 7.39. The van der Waals surface area contributed by atoms with Crippen LogP contribution in [0.5, 0.6) is 5.88 Å². The second kappa shape index (κ2) is 12.3. The lowest BCUT2D eigenvalue weighted by Crippen LogP contribution is -2.35. The number of para-hydroxylation sites is 1. The third-order valence-corrected chi connectivity index (χ3v) is 6.64. The fourth-order valence-corrected chi connectivity index (χ4v) is 4.91. The first kappa shape index (κ1) is 29.3. The average Bonchev–Trinajstić information content (AvgIpc) is 3.04. The van der Waals surface area contributed by atoms with Crippen LogP contribution < -0.4 is 10.1 Å². The van der Waals surface area contributed by atoms with Gasteiger partial charge in [-0.3, -0.25) is 14.9 Å². The Labute approximate surface area is 234 Å². The summed E-state index contributed by atoms with van der Waals surface area (Å²) in [6.07, 6.45) is 0.818. The molecule has 0 spiro atoms. The number of fused-ring (bicyclic) bond motifs is 1. The molecule has 1 N–H and O–H groups in total. The predicted molar refractivity (Wildman–Crippen MR) is 146 cm³/mol. The van der Waals surface area contributed by atoms with Gasteiger partial charge < -0.3 is 19.1 Å². The van der Waals surface area contributed by atoms with E-state index in [4.69, 9.17) is 11.6 Å². The van der Waals surface area contributed by atoms with E-state index in [0.717, 1.165) is 42.5 Å². The molecule has 1 saturated heterocycles. The van der Waals surface area contributed by atoms with Crippen molar-refractivity contribution in [2.45, 2.75) is 38.6 Å². The van der Waals surface area contributed by atoms with E-state index in [1.807, 2.05) is 54.8 Å². The van der Waals surface area contributed by atoms with E-state index in [1.165, 1.54) is 0 Å². The second-order valence-electron chi connectivity index (χ2n) is 9.87. The predicted octanol–water partition coefficient (Wildman–Crippen LogP) is 5.22. The van der Waals surface area contributed by atoms with Crippen molar-refractivity contribution in [2.24, 2.45) is 0 Å². The van der Waals surface area contributed by atoms with Gasteiger partial charge in [0.25, 0.3) is 5.91 Å². The summed E-state index contributed by atoms with van der Waals surface area (Å²) in [7, 11) is 3.84. The van der Waals surface area contributed by atoms with E-state index >= 15 is 0 Å². The summed E-state index contributed by atoms with van der Waals surface area (Å²) in [4.78, 5) is 38.1. The van der Waals surface area contributed by atoms with Crippen molar-refractivity contribution in [3.05, 3.63) is 58.8 Å². The largest absolute Gasteiger partial charge is 0.574 e. The Morgan fingerprint density at radius 2 is 2.00 bits per heavy atom. The number of hydrogen-bond donors (Lipinski definition) is 1. The number of alkyl halides is 3. The van der Waals surface area contributed by atoms with Gasteiger partial charge in [0.2, 0.25) is 17.7 Å². The van der Waals surface area contributed by atoms with Crippen LogP contribution in [0.2, 0.25) is 5.15 Å². The Hall–Kier alpha value is -3.64. The number of nitrogens with one attached hydrogen (secondary N) is 1. The maximum atomic E-state index is 13.2. The first-order valence-electron chi connectivity index (χ1n) is 12.7. The Balaban J connectivity index is 1.67. The van der Waals surface area contributed by atoms with Crippen molar-refractivity contribution in [1.82, 2.24) is 24.3 Å². The van der Waals surface area contributed by atoms with E-state index in [2.05, 4.69) is 20.0 Å². The van der Waals surface area contributed by atoms with Crippen LogP contribution in [-0.2, 0) is 4.79 Å². The van der Waals surface area contributed by atoms with Crippen LogP contribution in [0.15, 0.2) is 42.5 Å². The average molecular weight is 579 g/mol. The number of ether oxygens (including phenoxy) is 1. The number of nitrogens with zero attached hydrogens (tertiary/aromatic N) is 5. The highest BCUT2D eigenvalue weighted by atomic mass is 35.5. The van der Waals surface area contributed by atoms with Crippen molar-refractivity contribution < 1.29 is 27.5 Å². The van der Waals surface area contributed by atoms with Crippen LogP contribution >= 0.6 is 11.6 Å². The quantitative estimate of drug-likeness (QED) is 0.305. The van der Waals surface area contributed by atoms with Crippen LogP contribution in [0.4, 0.5) is 19.1 Å². The molecule has 40 heavy (non-hydrogen) atoms. The SMILES string of the molecule is Cc1cccc2nc(NC(=O)c3cc(Cl)nc(OC(F)(F)F)c3)n(C3CCCCN(C(=O)/C=C/CN(C)C)C3)c12. The number of anilines is 1. The third-order valence-electron chi connectivity index (χ3n) is 6.44. The van der Waals surface area contributed by atoms with Crippen LogP contribution in [0.25, 0.3) is 11.0 Å². The summed E-state index contributed by atoms with van der Waals surface area (Å²) in [6.45, 7) is 3.57. The molecule has 3 aromatic rings. The van der Waals surface area contributed by atoms with Crippen molar-refractivity contribution >= 4 is 40.4 Å². The zero-order chi connectivity index (χ0) is 29.0. The fraction of sp³-hybridized carbons (Fsp3) is 0.407. The molecule has 9 nitrogen and oxygen atoms in total. The molecule has 2 aromatic heterocycles. The molecule has 0 bridgehead atoms. The maximum Gasteiger partial charge on any atom is 0.574 e. The van der Waals surface area contributed by atoms with Crippen molar-refractivity contribution in [3.63, 3.8) is 0 Å². The molecule has 1 aliphatic rings. The number of likely N-dealkylation sites (N-methyl/N-ethyl adjacent to an activating group) is 1. The summed E-state index contributed by atoms with van der Waals surface area (Å²) >= 11 is 5.88. The molecular formula is C27H30ClF3N6O3. The highest BCUT2D eigenvalue weighted by Crippen LogP contribution is 2.32. The molecule has 2 amide bonds. The molecule has 0 radical (unpaired) electrons. The molecule has 1 atom stereocenters. The van der Waals surface area contributed by atoms with Crippen LogP contribution in [-0.4, -0.2) is 76.2 Å². The number of amides is 2. The van der Waals surface area contributed by atoms with E-state index in [1.54, 1.807) is 11.0 Å². The minimum Gasteiger partial charge on any atom is -0.388 e. The van der Waals surface area contributed by atoms with Gasteiger partial charge in [-0.25, -0.2) is 9.97 Å². The summed E-state index contributed by atoms with van der Waals surface area (Å²) < 4.78 is 44.0. The molecule has 1 fully saturated rings. The van der Waals surface area contributed by atoms with E-state index < -0.39 is 18.1 Å². The van der Waals surface area contributed by atoms with Gasteiger partial charge in [0.05, 0.1) is 17.1 Å². The first-order valence-corrected chi connectivity index (χ1v) is 13.1. The summed E-state index contributed by atoms with van der Waals surface area (Å²) in [5.74, 6) is -1.47. The van der Waals surface area contributed by atoms with Crippen molar-refractivity contribution in [1.29, 1.82) is 0 Å². The highest BCUT2D eigenvalue weighted by molar-refractivity contribution is 6.30. The maximum absolute atomic E-state index is 13.2. The number of rotatable bonds is 7. The van der Waals surface area contributed by atoms with Crippen molar-refractivity contribution in [3.8, 4) is 5.88 Å². The van der Waals surface area contributed by atoms with Crippen LogP contribution in [0.1, 0.15) is 41.2 Å². The lowest BCUT2D eigenvalue weighted by Gasteiger charge is -2.26. The highest BCUT2D eigenvalue weighted by Gasteiger charge is 2.32. The molecule has 0 saturated carbocycles. The number of pyridine rings is 1. The fourth-order valence-electron chi connectivity index (χ4n) is 4.71. The molecule has 13 heteroatoms. The number of likely N-dealkylation sites (tertiary alicyclic amines) is 1. The zero-order valence-corrected chi connectivity index (χ0v) is 23.1. The molecule has 1 aliphatic heterocycles. The van der Waals surface area contributed by atoms with Gasteiger partial charge in [-0.05, 0) is 58.0 Å². The van der Waals surface area contributed by atoms with Gasteiger partial charge in [0.15, 0.2) is 0 Å². The van der Waals surface area contributed by atoms with Gasteiger partial charge >= 0.3 is 6.36 Å². The number of imidazole rings is 1. The monoisotopic (exact) mass is 578 g/mol. The van der Waals surface area contributed by atoms with E-state index in [9.17, 15) is 22.8 Å². The normalized spacial score (nSPS) is 16.5. The molecule has 4 rings (SSSR count). The van der Waals surface area contributed by atoms with Crippen LogP contribution in [0, 0.1) is 6.92 Å². The minimum absolute atomic E-state index is 0.0934. The standard InChI is InChI=1S/C27H30ClF3N6O3/c1-17-8-6-10-20-24(17)37(19-9-4-5-13-36(16-19)23(38)11-7-12-35(2)3)26(32-20)34-25(39)18-14-21(28)33-22(15-18)40-27(29,30)31/h6-8,10-11,14-15,19H,4-5,9,12-13,16H2,1-3H3,(H,32,34,39)/b11-7+. The Morgan fingerprint density at radius 1 is 1.23 bits per heavy atom. The number of aromatic nitrogens is 3. The minimum atomic E-state index is -5.00. The molecule has 1 aromatic carbocycles. The molecule has 0 aliphatic carbocycles. The first-order chi connectivity index (χ1) is 18.9. The number of benzene rings is 1. The Kier molecular flexibility index (Phi) is 8.99. The summed E-state index contributed by atoms with van der Waals surface area (Å²) in [5, 5.41) is 2.40. The van der Waals surface area contributed by atoms with Gasteiger partial charge in [0, 0.05) is 37.3 Å². The second-order valence-corrected chi connectivity index (χ2v) is 10.3. The molecule has 214 valence electrons. The van der Waals surface area contributed by atoms with Crippen molar-refractivity contribution in [2.75, 3.05) is 39.0 Å². The zero-order valence-electron chi connectivity index (χ0n) is 22.3. The topological polar surface area (TPSA) is 92.6 Å². The summed E-state index contributed by atoms with van der Waals surface area (Å²) in [5.41, 5.74) is 2.18. The van der Waals surface area contributed by atoms with Gasteiger partial charge in [-0.1, -0.05) is 29.8 Å².